The quantitative estimate of drug-likeness (QED) is 0.507. The highest BCUT2D eigenvalue weighted by Crippen LogP contribution is 2.35. The maximum Gasteiger partial charge on any atom is 0.216 e. The molecule has 0 unspecified atom stereocenters. The summed E-state index contributed by atoms with van der Waals surface area (Å²) < 4.78 is 0. The molecule has 3 heteroatoms. The molecule has 0 aliphatic heterocycles. The van der Waals surface area contributed by atoms with E-state index < -0.39 is 0 Å². The summed E-state index contributed by atoms with van der Waals surface area (Å²) in [7, 11) is 0. The molecule has 0 aromatic rings. The van der Waals surface area contributed by atoms with Crippen LogP contribution >= 0.6 is 0 Å². The van der Waals surface area contributed by atoms with E-state index >= 15 is 0 Å². The molecule has 0 bridgehead atoms. The van der Waals surface area contributed by atoms with E-state index in [1.54, 1.807) is 6.92 Å². The van der Waals surface area contributed by atoms with Gasteiger partial charge in [0.2, 0.25) is 5.91 Å². The number of allylic oxidation sites excluding steroid dienone is 1. The van der Waals surface area contributed by atoms with Crippen molar-refractivity contribution in [3.63, 3.8) is 0 Å². The van der Waals surface area contributed by atoms with Gasteiger partial charge in [-0.15, -0.1) is 0 Å². The molecule has 2 N–H and O–H groups in total. The normalized spacial score (nSPS) is 11.3. The van der Waals surface area contributed by atoms with Crippen LogP contribution in [-0.4, -0.2) is 19.0 Å². The Hall–Kier alpha value is -0.990. The average Bonchev–Trinajstić information content (AvgIpc) is 2.43. The van der Waals surface area contributed by atoms with E-state index in [2.05, 4.69) is 44.9 Å². The van der Waals surface area contributed by atoms with Gasteiger partial charge in [-0.2, -0.15) is 0 Å². The van der Waals surface area contributed by atoms with E-state index in [0.29, 0.717) is 5.41 Å². The standard InChI is InChI=1S/C18H36N2O.C2H6/c1-15(2)19-13-8-9-17(4,5)10-11-18(6,7)12-14-20-16(3)21;1-2/h19H,1,8-14H2,2-7H3,(H,20,21);1-2H3. The van der Waals surface area contributed by atoms with Crippen molar-refractivity contribution in [1.82, 2.24) is 10.6 Å². The van der Waals surface area contributed by atoms with Gasteiger partial charge in [0.25, 0.3) is 0 Å². The zero-order chi connectivity index (χ0) is 18.5. The minimum absolute atomic E-state index is 0.0659. The van der Waals surface area contributed by atoms with Crippen LogP contribution < -0.4 is 10.6 Å². The van der Waals surface area contributed by atoms with Gasteiger partial charge in [-0.25, -0.2) is 0 Å². The third-order valence-electron chi connectivity index (χ3n) is 4.11. The SMILES string of the molecule is C=C(C)NCCCC(C)(C)CCC(C)(C)CCNC(C)=O.CC. The second-order valence-corrected chi connectivity index (χ2v) is 7.87. The maximum absolute atomic E-state index is 10.9. The molecule has 0 aliphatic rings. The lowest BCUT2D eigenvalue weighted by Crippen LogP contribution is -2.27. The average molecular weight is 327 g/mol. The summed E-state index contributed by atoms with van der Waals surface area (Å²) in [6.45, 7) is 22.6. The number of amides is 1. The van der Waals surface area contributed by atoms with Crippen molar-refractivity contribution in [3.05, 3.63) is 12.3 Å². The van der Waals surface area contributed by atoms with Crippen molar-refractivity contribution in [2.75, 3.05) is 13.1 Å². The van der Waals surface area contributed by atoms with Crippen molar-refractivity contribution in [1.29, 1.82) is 0 Å². The lowest BCUT2D eigenvalue weighted by atomic mass is 9.75. The number of rotatable bonds is 11. The Morgan fingerprint density at radius 3 is 1.74 bits per heavy atom. The fourth-order valence-corrected chi connectivity index (χ4v) is 2.37. The summed E-state index contributed by atoms with van der Waals surface area (Å²) in [4.78, 5) is 10.9. The summed E-state index contributed by atoms with van der Waals surface area (Å²) in [5, 5.41) is 6.19. The van der Waals surface area contributed by atoms with Crippen LogP contribution in [0, 0.1) is 10.8 Å². The van der Waals surface area contributed by atoms with Crippen molar-refractivity contribution >= 4 is 5.91 Å². The molecule has 23 heavy (non-hydrogen) atoms. The Balaban J connectivity index is 0. The van der Waals surface area contributed by atoms with Crippen LogP contribution in [-0.2, 0) is 4.79 Å². The fourth-order valence-electron chi connectivity index (χ4n) is 2.37. The highest BCUT2D eigenvalue weighted by atomic mass is 16.1. The molecule has 0 saturated heterocycles. The topological polar surface area (TPSA) is 41.1 Å². The number of hydrogen-bond donors (Lipinski definition) is 2. The molecule has 0 aromatic heterocycles. The summed E-state index contributed by atoms with van der Waals surface area (Å²) in [6, 6.07) is 0. The predicted molar refractivity (Wildman–Crippen MR) is 103 cm³/mol. The largest absolute Gasteiger partial charge is 0.389 e. The molecule has 0 atom stereocenters. The first-order valence-corrected chi connectivity index (χ1v) is 9.18. The molecule has 0 rings (SSSR count). The third-order valence-corrected chi connectivity index (χ3v) is 4.11. The molecular weight excluding hydrogens is 284 g/mol. The smallest absolute Gasteiger partial charge is 0.216 e. The second kappa shape index (κ2) is 12.4. The van der Waals surface area contributed by atoms with Gasteiger partial charge in [0, 0.05) is 25.7 Å². The van der Waals surface area contributed by atoms with E-state index in [-0.39, 0.29) is 11.3 Å². The minimum Gasteiger partial charge on any atom is -0.389 e. The van der Waals surface area contributed by atoms with Crippen molar-refractivity contribution in [3.8, 4) is 0 Å². The van der Waals surface area contributed by atoms with Crippen molar-refractivity contribution in [2.45, 2.75) is 87.5 Å². The molecule has 0 radical (unpaired) electrons. The zero-order valence-corrected chi connectivity index (χ0v) is 17.1. The first-order valence-electron chi connectivity index (χ1n) is 9.18. The molecule has 138 valence electrons. The third kappa shape index (κ3) is 17.2. The Morgan fingerprint density at radius 1 is 0.826 bits per heavy atom. The van der Waals surface area contributed by atoms with Gasteiger partial charge in [0.1, 0.15) is 0 Å². The predicted octanol–water partition coefficient (Wildman–Crippen LogP) is 5.27. The van der Waals surface area contributed by atoms with E-state index in [0.717, 1.165) is 25.2 Å². The van der Waals surface area contributed by atoms with Crippen LogP contribution in [0.1, 0.15) is 87.5 Å². The van der Waals surface area contributed by atoms with Crippen molar-refractivity contribution < 1.29 is 4.79 Å². The zero-order valence-electron chi connectivity index (χ0n) is 17.1. The van der Waals surface area contributed by atoms with Crippen LogP contribution in [0.3, 0.4) is 0 Å². The van der Waals surface area contributed by atoms with Gasteiger partial charge >= 0.3 is 0 Å². The second-order valence-electron chi connectivity index (χ2n) is 7.87. The molecule has 0 fully saturated rings. The molecule has 0 spiro atoms. The summed E-state index contributed by atoms with van der Waals surface area (Å²) in [5.41, 5.74) is 1.71. The van der Waals surface area contributed by atoms with E-state index in [1.807, 2.05) is 20.8 Å². The van der Waals surface area contributed by atoms with Gasteiger partial charge in [-0.05, 0) is 49.9 Å². The Labute approximate surface area is 145 Å². The molecule has 1 amide bonds. The number of carbonyl (C=O) groups excluding carboxylic acids is 1. The van der Waals surface area contributed by atoms with Crippen LogP contribution in [0.5, 0.6) is 0 Å². The van der Waals surface area contributed by atoms with Crippen LogP contribution in [0.2, 0.25) is 0 Å². The molecule has 3 nitrogen and oxygen atoms in total. The highest BCUT2D eigenvalue weighted by Gasteiger charge is 2.24. The van der Waals surface area contributed by atoms with E-state index in [4.69, 9.17) is 0 Å². The lowest BCUT2D eigenvalue weighted by molar-refractivity contribution is -0.119. The maximum atomic E-state index is 10.9. The molecule has 0 aromatic carbocycles. The van der Waals surface area contributed by atoms with Gasteiger partial charge in [0.15, 0.2) is 0 Å². The van der Waals surface area contributed by atoms with Crippen molar-refractivity contribution in [2.24, 2.45) is 10.8 Å². The Bertz CT molecular complexity index is 333. The van der Waals surface area contributed by atoms with Gasteiger partial charge < -0.3 is 10.6 Å². The first-order chi connectivity index (χ1) is 10.5. The molecule has 0 heterocycles. The molecular formula is C20H42N2O. The number of nitrogens with one attached hydrogen (secondary N) is 2. The number of carbonyl (C=O) groups is 1. The Morgan fingerprint density at radius 2 is 1.30 bits per heavy atom. The summed E-state index contributed by atoms with van der Waals surface area (Å²) in [6.07, 6.45) is 5.89. The molecule has 0 saturated carbocycles. The van der Waals surface area contributed by atoms with E-state index in [1.165, 1.54) is 25.7 Å². The number of hydrogen-bond acceptors (Lipinski definition) is 2. The van der Waals surface area contributed by atoms with E-state index in [9.17, 15) is 4.79 Å². The molecule has 0 aliphatic carbocycles. The van der Waals surface area contributed by atoms with Crippen LogP contribution in [0.15, 0.2) is 12.3 Å². The van der Waals surface area contributed by atoms with Crippen LogP contribution in [0.4, 0.5) is 0 Å². The van der Waals surface area contributed by atoms with Gasteiger partial charge in [-0.3, -0.25) is 4.79 Å². The Kier molecular flexibility index (Phi) is 13.1. The summed E-state index contributed by atoms with van der Waals surface area (Å²) in [5.74, 6) is 0.0659. The van der Waals surface area contributed by atoms with Gasteiger partial charge in [-0.1, -0.05) is 48.1 Å². The monoisotopic (exact) mass is 326 g/mol. The summed E-state index contributed by atoms with van der Waals surface area (Å²) >= 11 is 0. The van der Waals surface area contributed by atoms with Gasteiger partial charge in [0.05, 0.1) is 0 Å². The highest BCUT2D eigenvalue weighted by molar-refractivity contribution is 5.72. The lowest BCUT2D eigenvalue weighted by Gasteiger charge is -2.31. The minimum atomic E-state index is 0.0659. The fraction of sp³-hybridized carbons (Fsp3) is 0.850. The first kappa shape index (κ1) is 24.3. The van der Waals surface area contributed by atoms with Crippen LogP contribution in [0.25, 0.3) is 0 Å².